The van der Waals surface area contributed by atoms with Gasteiger partial charge in [0.15, 0.2) is 0 Å². The van der Waals surface area contributed by atoms with Crippen molar-refractivity contribution in [3.63, 3.8) is 0 Å². The van der Waals surface area contributed by atoms with Gasteiger partial charge in [0, 0.05) is 30.0 Å². The van der Waals surface area contributed by atoms with Crippen LogP contribution in [-0.4, -0.2) is 12.6 Å². The van der Waals surface area contributed by atoms with Crippen LogP contribution in [0.2, 0.25) is 0 Å². The SMILES string of the molecule is CCOCc1ccccc1NC(=O)NCc1cc(F)ccc1F. The van der Waals surface area contributed by atoms with Crippen molar-refractivity contribution in [2.45, 2.75) is 20.1 Å². The number of benzene rings is 2. The average Bonchev–Trinajstić information content (AvgIpc) is 2.55. The maximum atomic E-state index is 13.5. The largest absolute Gasteiger partial charge is 0.377 e. The van der Waals surface area contributed by atoms with E-state index in [2.05, 4.69) is 10.6 Å². The lowest BCUT2D eigenvalue weighted by Crippen LogP contribution is -2.29. The van der Waals surface area contributed by atoms with Gasteiger partial charge in [-0.1, -0.05) is 18.2 Å². The molecule has 0 saturated heterocycles. The molecule has 0 heterocycles. The summed E-state index contributed by atoms with van der Waals surface area (Å²) in [6, 6.07) is 9.84. The van der Waals surface area contributed by atoms with E-state index >= 15 is 0 Å². The number of ether oxygens (including phenoxy) is 1. The van der Waals surface area contributed by atoms with Crippen LogP contribution in [0.25, 0.3) is 0 Å². The van der Waals surface area contributed by atoms with Crippen LogP contribution in [0.3, 0.4) is 0 Å². The van der Waals surface area contributed by atoms with Gasteiger partial charge < -0.3 is 15.4 Å². The predicted molar refractivity (Wildman–Crippen MR) is 84.0 cm³/mol. The Morgan fingerprint density at radius 3 is 2.70 bits per heavy atom. The summed E-state index contributed by atoms with van der Waals surface area (Å²) in [5.41, 5.74) is 1.53. The van der Waals surface area contributed by atoms with Gasteiger partial charge >= 0.3 is 6.03 Å². The maximum absolute atomic E-state index is 13.5. The molecule has 0 saturated carbocycles. The zero-order valence-corrected chi connectivity index (χ0v) is 12.7. The number of para-hydroxylation sites is 1. The number of rotatable bonds is 6. The Hall–Kier alpha value is -2.47. The van der Waals surface area contributed by atoms with E-state index in [0.29, 0.717) is 18.9 Å². The number of anilines is 1. The zero-order valence-electron chi connectivity index (χ0n) is 12.7. The minimum Gasteiger partial charge on any atom is -0.377 e. The van der Waals surface area contributed by atoms with E-state index in [4.69, 9.17) is 4.74 Å². The summed E-state index contributed by atoms with van der Waals surface area (Å²) in [4.78, 5) is 11.9. The fourth-order valence-electron chi connectivity index (χ4n) is 2.00. The van der Waals surface area contributed by atoms with Gasteiger partial charge in [0.05, 0.1) is 6.61 Å². The van der Waals surface area contributed by atoms with Gasteiger partial charge in [-0.15, -0.1) is 0 Å². The quantitative estimate of drug-likeness (QED) is 0.850. The van der Waals surface area contributed by atoms with Crippen LogP contribution in [0.5, 0.6) is 0 Å². The standard InChI is InChI=1S/C17H18F2N2O2/c1-2-23-11-12-5-3-4-6-16(12)21-17(22)20-10-13-9-14(18)7-8-15(13)19/h3-9H,2,10-11H2,1H3,(H2,20,21,22). The normalized spacial score (nSPS) is 10.4. The first-order chi connectivity index (χ1) is 11.1. The number of halogens is 2. The van der Waals surface area contributed by atoms with E-state index < -0.39 is 17.7 Å². The van der Waals surface area contributed by atoms with Gasteiger partial charge in [-0.3, -0.25) is 0 Å². The van der Waals surface area contributed by atoms with Crippen molar-refractivity contribution in [1.29, 1.82) is 0 Å². The van der Waals surface area contributed by atoms with Crippen molar-refractivity contribution in [2.75, 3.05) is 11.9 Å². The minimum absolute atomic E-state index is 0.0859. The lowest BCUT2D eigenvalue weighted by Gasteiger charge is -2.12. The van der Waals surface area contributed by atoms with Crippen LogP contribution in [0, 0.1) is 11.6 Å². The summed E-state index contributed by atoms with van der Waals surface area (Å²) in [5.74, 6) is -1.12. The summed E-state index contributed by atoms with van der Waals surface area (Å²) in [5, 5.41) is 5.18. The number of nitrogens with one attached hydrogen (secondary N) is 2. The molecular weight excluding hydrogens is 302 g/mol. The molecule has 0 atom stereocenters. The molecule has 0 aliphatic rings. The van der Waals surface area contributed by atoms with E-state index in [9.17, 15) is 13.6 Å². The van der Waals surface area contributed by atoms with Gasteiger partial charge in [0.2, 0.25) is 0 Å². The van der Waals surface area contributed by atoms with Gasteiger partial charge in [-0.05, 0) is 31.2 Å². The highest BCUT2D eigenvalue weighted by molar-refractivity contribution is 5.90. The van der Waals surface area contributed by atoms with Crippen molar-refractivity contribution in [1.82, 2.24) is 5.32 Å². The second kappa shape index (κ2) is 8.24. The fourth-order valence-corrected chi connectivity index (χ4v) is 2.00. The molecule has 2 N–H and O–H groups in total. The highest BCUT2D eigenvalue weighted by Crippen LogP contribution is 2.16. The molecule has 0 radical (unpaired) electrons. The molecule has 4 nitrogen and oxygen atoms in total. The number of carbonyl (C=O) groups is 1. The smallest absolute Gasteiger partial charge is 0.319 e. The molecule has 0 fully saturated rings. The third kappa shape index (κ3) is 5.03. The first-order valence-electron chi connectivity index (χ1n) is 7.24. The van der Waals surface area contributed by atoms with Crippen LogP contribution in [0.4, 0.5) is 19.3 Å². The minimum atomic E-state index is -0.566. The Balaban J connectivity index is 1.96. The molecule has 2 aromatic carbocycles. The van der Waals surface area contributed by atoms with Gasteiger partial charge in [-0.2, -0.15) is 0 Å². The van der Waals surface area contributed by atoms with Crippen LogP contribution < -0.4 is 10.6 Å². The van der Waals surface area contributed by atoms with Gasteiger partial charge in [0.1, 0.15) is 11.6 Å². The number of hydrogen-bond donors (Lipinski definition) is 2. The summed E-state index contributed by atoms with van der Waals surface area (Å²) >= 11 is 0. The molecule has 2 rings (SSSR count). The number of hydrogen-bond acceptors (Lipinski definition) is 2. The van der Waals surface area contributed by atoms with Crippen LogP contribution >= 0.6 is 0 Å². The molecule has 0 aromatic heterocycles. The van der Waals surface area contributed by atoms with Crippen molar-refractivity contribution in [3.05, 3.63) is 65.2 Å². The average molecular weight is 320 g/mol. The number of urea groups is 1. The molecule has 6 heteroatoms. The number of carbonyl (C=O) groups excluding carboxylic acids is 1. The third-order valence-corrected chi connectivity index (χ3v) is 3.17. The first-order valence-corrected chi connectivity index (χ1v) is 7.24. The Bertz CT molecular complexity index is 677. The summed E-state index contributed by atoms with van der Waals surface area (Å²) in [6.07, 6.45) is 0. The molecule has 0 bridgehead atoms. The topological polar surface area (TPSA) is 50.4 Å². The Morgan fingerprint density at radius 2 is 1.91 bits per heavy atom. The van der Waals surface area contributed by atoms with Crippen LogP contribution in [0.15, 0.2) is 42.5 Å². The maximum Gasteiger partial charge on any atom is 0.319 e. The fraction of sp³-hybridized carbons (Fsp3) is 0.235. The molecular formula is C17H18F2N2O2. The molecule has 2 aromatic rings. The Labute approximate surface area is 133 Å². The van der Waals surface area contributed by atoms with Crippen molar-refractivity contribution < 1.29 is 18.3 Å². The first kappa shape index (κ1) is 16.9. The van der Waals surface area contributed by atoms with E-state index in [1.807, 2.05) is 19.1 Å². The molecule has 122 valence electrons. The number of amides is 2. The monoisotopic (exact) mass is 320 g/mol. The second-order valence-corrected chi connectivity index (χ2v) is 4.84. The van der Waals surface area contributed by atoms with Crippen molar-refractivity contribution in [3.8, 4) is 0 Å². The second-order valence-electron chi connectivity index (χ2n) is 4.84. The molecule has 0 aliphatic heterocycles. The molecule has 0 unspecified atom stereocenters. The van der Waals surface area contributed by atoms with Crippen LogP contribution in [-0.2, 0) is 17.9 Å². The summed E-state index contributed by atoms with van der Waals surface area (Å²) in [7, 11) is 0. The lowest BCUT2D eigenvalue weighted by atomic mass is 10.2. The molecule has 23 heavy (non-hydrogen) atoms. The Morgan fingerprint density at radius 1 is 1.13 bits per heavy atom. The van der Waals surface area contributed by atoms with Gasteiger partial charge in [-0.25, -0.2) is 13.6 Å². The molecule has 2 amide bonds. The molecule has 0 aliphatic carbocycles. The van der Waals surface area contributed by atoms with Crippen molar-refractivity contribution in [2.24, 2.45) is 0 Å². The van der Waals surface area contributed by atoms with E-state index in [0.717, 1.165) is 23.8 Å². The van der Waals surface area contributed by atoms with Crippen LogP contribution in [0.1, 0.15) is 18.1 Å². The third-order valence-electron chi connectivity index (χ3n) is 3.17. The highest BCUT2D eigenvalue weighted by Gasteiger charge is 2.08. The Kier molecular flexibility index (Phi) is 6.05. The summed E-state index contributed by atoms with van der Waals surface area (Å²) < 4.78 is 31.9. The van der Waals surface area contributed by atoms with E-state index in [-0.39, 0.29) is 12.1 Å². The highest BCUT2D eigenvalue weighted by atomic mass is 19.1. The van der Waals surface area contributed by atoms with Crippen molar-refractivity contribution >= 4 is 11.7 Å². The lowest BCUT2D eigenvalue weighted by molar-refractivity contribution is 0.134. The zero-order chi connectivity index (χ0) is 16.7. The summed E-state index contributed by atoms with van der Waals surface area (Å²) in [6.45, 7) is 2.73. The van der Waals surface area contributed by atoms with E-state index in [1.165, 1.54) is 0 Å². The van der Waals surface area contributed by atoms with E-state index in [1.54, 1.807) is 12.1 Å². The molecule has 0 spiro atoms. The van der Waals surface area contributed by atoms with Gasteiger partial charge in [0.25, 0.3) is 0 Å². The predicted octanol–water partition coefficient (Wildman–Crippen LogP) is 3.82.